The first-order valence-corrected chi connectivity index (χ1v) is 7.17. The quantitative estimate of drug-likeness (QED) is 0.902. The molecule has 0 spiro atoms. The van der Waals surface area contributed by atoms with Gasteiger partial charge in [0.25, 0.3) is 0 Å². The number of aliphatic hydroxyl groups is 1. The Kier molecular flexibility index (Phi) is 4.50. The molecule has 0 aliphatic carbocycles. The normalized spacial score (nSPS) is 14.4. The van der Waals surface area contributed by atoms with Crippen molar-refractivity contribution in [2.45, 2.75) is 12.0 Å². The molecule has 5 heteroatoms. The molecule has 2 nitrogen and oxygen atoms in total. The van der Waals surface area contributed by atoms with E-state index in [1.54, 1.807) is 17.4 Å². The number of halogens is 2. The van der Waals surface area contributed by atoms with Gasteiger partial charge in [0.05, 0.1) is 6.10 Å². The molecule has 0 amide bonds. The molecule has 1 aromatic carbocycles. The van der Waals surface area contributed by atoms with E-state index in [1.807, 2.05) is 17.5 Å². The first kappa shape index (κ1) is 13.7. The molecular formula is C13H13BrFNOS. The summed E-state index contributed by atoms with van der Waals surface area (Å²) in [6.07, 6.45) is -0.747. The third-order valence-electron chi connectivity index (χ3n) is 2.82. The number of benzene rings is 1. The molecule has 1 heterocycles. The number of thiophene rings is 1. The van der Waals surface area contributed by atoms with Gasteiger partial charge in [0.1, 0.15) is 5.82 Å². The van der Waals surface area contributed by atoms with Gasteiger partial charge in [0.15, 0.2) is 0 Å². The van der Waals surface area contributed by atoms with Crippen LogP contribution < -0.4 is 5.73 Å². The lowest BCUT2D eigenvalue weighted by atomic mass is 9.94. The Hall–Kier alpha value is -0.750. The maximum absolute atomic E-state index is 13.0. The van der Waals surface area contributed by atoms with Gasteiger partial charge in [0, 0.05) is 21.8 Å². The van der Waals surface area contributed by atoms with Crippen LogP contribution in [0.4, 0.5) is 4.39 Å². The second kappa shape index (κ2) is 5.93. The van der Waals surface area contributed by atoms with Crippen molar-refractivity contribution in [2.75, 3.05) is 6.54 Å². The fraction of sp³-hybridized carbons (Fsp3) is 0.231. The molecule has 3 N–H and O–H groups in total. The zero-order valence-electron chi connectivity index (χ0n) is 9.51. The third kappa shape index (κ3) is 2.80. The molecular weight excluding hydrogens is 317 g/mol. The van der Waals surface area contributed by atoms with Gasteiger partial charge in [-0.2, -0.15) is 0 Å². The molecule has 0 radical (unpaired) electrons. The minimum Gasteiger partial charge on any atom is -0.388 e. The zero-order chi connectivity index (χ0) is 13.1. The highest BCUT2D eigenvalue weighted by molar-refractivity contribution is 9.10. The predicted octanol–water partition coefficient (Wildman–Crippen LogP) is 3.43. The smallest absolute Gasteiger partial charge is 0.124 e. The number of rotatable bonds is 4. The standard InChI is InChI=1S/C13H13BrFNOS/c14-11-6-8(15)3-4-9(11)13(17)10(7-16)12-2-1-5-18-12/h1-6,10,13,17H,7,16H2. The monoisotopic (exact) mass is 329 g/mol. The zero-order valence-corrected chi connectivity index (χ0v) is 11.9. The summed E-state index contributed by atoms with van der Waals surface area (Å²) in [7, 11) is 0. The highest BCUT2D eigenvalue weighted by atomic mass is 79.9. The maximum atomic E-state index is 13.0. The summed E-state index contributed by atoms with van der Waals surface area (Å²) in [5, 5.41) is 12.3. The van der Waals surface area contributed by atoms with Crippen LogP contribution in [0.25, 0.3) is 0 Å². The molecule has 2 unspecified atom stereocenters. The summed E-state index contributed by atoms with van der Waals surface area (Å²) in [5.41, 5.74) is 6.39. The molecule has 0 saturated heterocycles. The molecule has 2 atom stereocenters. The average Bonchev–Trinajstić information content (AvgIpc) is 2.83. The van der Waals surface area contributed by atoms with E-state index >= 15 is 0 Å². The Morgan fingerprint density at radius 2 is 2.17 bits per heavy atom. The van der Waals surface area contributed by atoms with Crippen LogP contribution in [0, 0.1) is 5.82 Å². The Morgan fingerprint density at radius 1 is 1.39 bits per heavy atom. The summed E-state index contributed by atoms with van der Waals surface area (Å²) >= 11 is 4.83. The van der Waals surface area contributed by atoms with Gasteiger partial charge in [0.2, 0.25) is 0 Å². The van der Waals surface area contributed by atoms with Crippen molar-refractivity contribution in [3.63, 3.8) is 0 Å². The summed E-state index contributed by atoms with van der Waals surface area (Å²) < 4.78 is 13.6. The van der Waals surface area contributed by atoms with Gasteiger partial charge in [-0.05, 0) is 29.1 Å². The third-order valence-corrected chi connectivity index (χ3v) is 4.52. The molecule has 1 aromatic heterocycles. The lowest BCUT2D eigenvalue weighted by molar-refractivity contribution is 0.148. The van der Waals surface area contributed by atoms with E-state index in [9.17, 15) is 9.50 Å². The predicted molar refractivity (Wildman–Crippen MR) is 75.2 cm³/mol. The number of nitrogens with two attached hydrogens (primary N) is 1. The fourth-order valence-electron chi connectivity index (χ4n) is 1.86. The maximum Gasteiger partial charge on any atom is 0.124 e. The van der Waals surface area contributed by atoms with Crippen molar-refractivity contribution < 1.29 is 9.50 Å². The first-order valence-electron chi connectivity index (χ1n) is 5.50. The van der Waals surface area contributed by atoms with Crippen LogP contribution >= 0.6 is 27.3 Å². The first-order chi connectivity index (χ1) is 8.63. The van der Waals surface area contributed by atoms with Crippen LogP contribution in [0.2, 0.25) is 0 Å². The van der Waals surface area contributed by atoms with Crippen molar-refractivity contribution in [1.82, 2.24) is 0 Å². The molecule has 2 rings (SSSR count). The SMILES string of the molecule is NCC(c1cccs1)C(O)c1ccc(F)cc1Br. The Labute approximate surface area is 117 Å². The summed E-state index contributed by atoms with van der Waals surface area (Å²) in [6, 6.07) is 8.14. The highest BCUT2D eigenvalue weighted by Gasteiger charge is 2.24. The molecule has 0 saturated carbocycles. The molecule has 0 aliphatic heterocycles. The number of aliphatic hydroxyl groups excluding tert-OH is 1. The van der Waals surface area contributed by atoms with Gasteiger partial charge in [-0.25, -0.2) is 4.39 Å². The minimum atomic E-state index is -0.747. The van der Waals surface area contributed by atoms with E-state index in [-0.39, 0.29) is 11.7 Å². The Morgan fingerprint density at radius 3 is 2.72 bits per heavy atom. The van der Waals surface area contributed by atoms with Crippen molar-refractivity contribution in [3.8, 4) is 0 Å². The summed E-state index contributed by atoms with van der Waals surface area (Å²) in [4.78, 5) is 1.03. The fourth-order valence-corrected chi connectivity index (χ4v) is 3.32. The van der Waals surface area contributed by atoms with E-state index in [1.165, 1.54) is 12.1 Å². The topological polar surface area (TPSA) is 46.2 Å². The van der Waals surface area contributed by atoms with E-state index in [0.717, 1.165) is 4.88 Å². The highest BCUT2D eigenvalue weighted by Crippen LogP contribution is 2.36. The molecule has 18 heavy (non-hydrogen) atoms. The van der Waals surface area contributed by atoms with Crippen molar-refractivity contribution in [2.24, 2.45) is 5.73 Å². The van der Waals surface area contributed by atoms with Gasteiger partial charge in [-0.3, -0.25) is 0 Å². The Bertz CT molecular complexity index is 518. The average molecular weight is 330 g/mol. The molecule has 2 aromatic rings. The van der Waals surface area contributed by atoms with Crippen molar-refractivity contribution in [3.05, 3.63) is 56.4 Å². The van der Waals surface area contributed by atoms with Crippen molar-refractivity contribution >= 4 is 27.3 Å². The molecule has 0 fully saturated rings. The van der Waals surface area contributed by atoms with Gasteiger partial charge in [-0.15, -0.1) is 11.3 Å². The van der Waals surface area contributed by atoms with Crippen LogP contribution in [0.15, 0.2) is 40.2 Å². The van der Waals surface area contributed by atoms with Crippen LogP contribution in [0.1, 0.15) is 22.5 Å². The van der Waals surface area contributed by atoms with Crippen LogP contribution in [-0.4, -0.2) is 11.7 Å². The van der Waals surface area contributed by atoms with Crippen LogP contribution in [0.5, 0.6) is 0 Å². The van der Waals surface area contributed by atoms with Gasteiger partial charge in [-0.1, -0.05) is 28.1 Å². The summed E-state index contributed by atoms with van der Waals surface area (Å²) in [5.74, 6) is -0.509. The van der Waals surface area contributed by atoms with E-state index in [2.05, 4.69) is 15.9 Å². The van der Waals surface area contributed by atoms with Crippen molar-refractivity contribution in [1.29, 1.82) is 0 Å². The second-order valence-corrected chi connectivity index (χ2v) is 5.80. The molecule has 96 valence electrons. The number of hydrogen-bond donors (Lipinski definition) is 2. The largest absolute Gasteiger partial charge is 0.388 e. The molecule has 0 bridgehead atoms. The van der Waals surface area contributed by atoms with Crippen LogP contribution in [-0.2, 0) is 0 Å². The van der Waals surface area contributed by atoms with E-state index in [0.29, 0.717) is 16.6 Å². The lowest BCUT2D eigenvalue weighted by Gasteiger charge is -2.21. The second-order valence-electron chi connectivity index (χ2n) is 3.97. The Balaban J connectivity index is 2.31. The van der Waals surface area contributed by atoms with Gasteiger partial charge < -0.3 is 10.8 Å². The van der Waals surface area contributed by atoms with E-state index in [4.69, 9.17) is 5.73 Å². The van der Waals surface area contributed by atoms with Gasteiger partial charge >= 0.3 is 0 Å². The van der Waals surface area contributed by atoms with Crippen LogP contribution in [0.3, 0.4) is 0 Å². The molecule has 0 aliphatic rings. The number of hydrogen-bond acceptors (Lipinski definition) is 3. The minimum absolute atomic E-state index is 0.174. The van der Waals surface area contributed by atoms with E-state index < -0.39 is 6.10 Å². The lowest BCUT2D eigenvalue weighted by Crippen LogP contribution is -2.19. The summed E-state index contributed by atoms with van der Waals surface area (Å²) in [6.45, 7) is 0.339.